The van der Waals surface area contributed by atoms with Crippen LogP contribution in [0.2, 0.25) is 0 Å². The Morgan fingerprint density at radius 1 is 1.15 bits per heavy atom. The standard InChI is InChI=1S/C12H10N4O3S/c1-8-5-6-9(7-13-8)16-20(17,18)11-4-2-3-10-12(11)15-19-14-10/h2-7,16H,1H3. The zero-order valence-corrected chi connectivity index (χ0v) is 11.3. The molecule has 0 atom stereocenters. The van der Waals surface area contributed by atoms with Crippen molar-refractivity contribution in [2.45, 2.75) is 11.8 Å². The van der Waals surface area contributed by atoms with Gasteiger partial charge < -0.3 is 0 Å². The second-order valence-corrected chi connectivity index (χ2v) is 5.83. The summed E-state index contributed by atoms with van der Waals surface area (Å²) in [5.74, 6) is 0. The number of hydrogen-bond acceptors (Lipinski definition) is 6. The monoisotopic (exact) mass is 290 g/mol. The molecular weight excluding hydrogens is 280 g/mol. The van der Waals surface area contributed by atoms with E-state index in [2.05, 4.69) is 24.6 Å². The first-order valence-corrected chi connectivity index (χ1v) is 7.21. The van der Waals surface area contributed by atoms with Crippen LogP contribution in [0.4, 0.5) is 5.69 Å². The Hall–Kier alpha value is -2.48. The van der Waals surface area contributed by atoms with E-state index >= 15 is 0 Å². The first-order chi connectivity index (χ1) is 9.56. The summed E-state index contributed by atoms with van der Waals surface area (Å²) in [4.78, 5) is 4.05. The minimum atomic E-state index is -3.78. The maximum atomic E-state index is 12.4. The SMILES string of the molecule is Cc1ccc(NS(=O)(=O)c2cccc3nonc23)cn1. The minimum absolute atomic E-state index is 0.0109. The molecule has 2 aromatic heterocycles. The van der Waals surface area contributed by atoms with Crippen LogP contribution < -0.4 is 4.72 Å². The number of fused-ring (bicyclic) bond motifs is 1. The Labute approximate surface area is 114 Å². The predicted octanol–water partition coefficient (Wildman–Crippen LogP) is 1.73. The quantitative estimate of drug-likeness (QED) is 0.788. The second-order valence-electron chi connectivity index (χ2n) is 4.18. The zero-order valence-electron chi connectivity index (χ0n) is 10.4. The fourth-order valence-electron chi connectivity index (χ4n) is 1.74. The molecule has 1 aromatic carbocycles. The normalized spacial score (nSPS) is 11.7. The number of aromatic nitrogens is 3. The van der Waals surface area contributed by atoms with Crippen molar-refractivity contribution in [2.24, 2.45) is 0 Å². The third-order valence-electron chi connectivity index (χ3n) is 2.70. The van der Waals surface area contributed by atoms with Crippen LogP contribution >= 0.6 is 0 Å². The Morgan fingerprint density at radius 2 is 2.00 bits per heavy atom. The number of hydrogen-bond donors (Lipinski definition) is 1. The van der Waals surface area contributed by atoms with Crippen molar-refractivity contribution in [1.29, 1.82) is 0 Å². The summed E-state index contributed by atoms with van der Waals surface area (Å²) in [5, 5.41) is 7.24. The third-order valence-corrected chi connectivity index (χ3v) is 4.11. The van der Waals surface area contributed by atoms with E-state index in [-0.39, 0.29) is 10.4 Å². The highest BCUT2D eigenvalue weighted by molar-refractivity contribution is 7.93. The summed E-state index contributed by atoms with van der Waals surface area (Å²) in [6.07, 6.45) is 1.45. The van der Waals surface area contributed by atoms with Crippen molar-refractivity contribution in [3.63, 3.8) is 0 Å². The average Bonchev–Trinajstić information content (AvgIpc) is 2.89. The Bertz CT molecular complexity index is 856. The van der Waals surface area contributed by atoms with E-state index in [4.69, 9.17) is 0 Å². The Kier molecular flexibility index (Phi) is 2.87. The number of aryl methyl sites for hydroxylation is 1. The zero-order chi connectivity index (χ0) is 14.2. The molecule has 7 nitrogen and oxygen atoms in total. The van der Waals surface area contributed by atoms with E-state index in [0.717, 1.165) is 5.69 Å². The van der Waals surface area contributed by atoms with Crippen LogP contribution in [-0.4, -0.2) is 23.7 Å². The number of sulfonamides is 1. The van der Waals surface area contributed by atoms with Gasteiger partial charge in [0.1, 0.15) is 10.4 Å². The van der Waals surface area contributed by atoms with Crippen molar-refractivity contribution in [3.05, 3.63) is 42.2 Å². The van der Waals surface area contributed by atoms with Crippen molar-refractivity contribution in [2.75, 3.05) is 4.72 Å². The number of rotatable bonds is 3. The highest BCUT2D eigenvalue weighted by atomic mass is 32.2. The van der Waals surface area contributed by atoms with E-state index in [9.17, 15) is 8.42 Å². The Morgan fingerprint density at radius 3 is 2.75 bits per heavy atom. The molecule has 0 fully saturated rings. The van der Waals surface area contributed by atoms with Crippen LogP contribution in [0, 0.1) is 6.92 Å². The maximum Gasteiger partial charge on any atom is 0.264 e. The molecule has 0 aliphatic heterocycles. The van der Waals surface area contributed by atoms with Gasteiger partial charge in [-0.3, -0.25) is 9.71 Å². The summed E-state index contributed by atoms with van der Waals surface area (Å²) >= 11 is 0. The molecule has 3 rings (SSSR count). The molecule has 2 heterocycles. The molecule has 0 radical (unpaired) electrons. The third kappa shape index (κ3) is 2.21. The van der Waals surface area contributed by atoms with Gasteiger partial charge in [0.25, 0.3) is 10.0 Å². The van der Waals surface area contributed by atoms with E-state index in [1.165, 1.54) is 12.3 Å². The molecule has 0 amide bonds. The first-order valence-electron chi connectivity index (χ1n) is 5.73. The van der Waals surface area contributed by atoms with E-state index in [0.29, 0.717) is 11.2 Å². The maximum absolute atomic E-state index is 12.4. The summed E-state index contributed by atoms with van der Waals surface area (Å²) in [6, 6.07) is 8.00. The minimum Gasteiger partial charge on any atom is -0.278 e. The summed E-state index contributed by atoms with van der Waals surface area (Å²) < 4.78 is 31.7. The van der Waals surface area contributed by atoms with Crippen LogP contribution in [0.25, 0.3) is 11.0 Å². The van der Waals surface area contributed by atoms with Gasteiger partial charge in [0.05, 0.1) is 11.9 Å². The fourth-order valence-corrected chi connectivity index (χ4v) is 2.93. The lowest BCUT2D eigenvalue weighted by Gasteiger charge is -2.07. The molecule has 0 spiro atoms. The molecule has 0 aliphatic rings. The van der Waals surface area contributed by atoms with Gasteiger partial charge in [0.15, 0.2) is 5.52 Å². The molecule has 1 N–H and O–H groups in total. The number of nitrogens with one attached hydrogen (secondary N) is 1. The van der Waals surface area contributed by atoms with Crippen LogP contribution in [0.15, 0.2) is 46.1 Å². The van der Waals surface area contributed by atoms with Crippen molar-refractivity contribution < 1.29 is 13.0 Å². The number of pyridine rings is 1. The molecule has 0 aliphatic carbocycles. The van der Waals surface area contributed by atoms with Gasteiger partial charge in [0.2, 0.25) is 0 Å². The molecule has 0 saturated heterocycles. The molecule has 102 valence electrons. The van der Waals surface area contributed by atoms with Gasteiger partial charge in [-0.25, -0.2) is 13.0 Å². The summed E-state index contributed by atoms with van der Waals surface area (Å²) in [5.41, 5.74) is 1.76. The van der Waals surface area contributed by atoms with Gasteiger partial charge in [-0.15, -0.1) is 0 Å². The highest BCUT2D eigenvalue weighted by Gasteiger charge is 2.20. The largest absolute Gasteiger partial charge is 0.278 e. The van der Waals surface area contributed by atoms with Gasteiger partial charge in [-0.05, 0) is 41.5 Å². The lowest BCUT2D eigenvalue weighted by atomic mass is 10.3. The lowest BCUT2D eigenvalue weighted by Crippen LogP contribution is -2.13. The van der Waals surface area contributed by atoms with E-state index in [1.54, 1.807) is 24.3 Å². The van der Waals surface area contributed by atoms with Gasteiger partial charge >= 0.3 is 0 Å². The molecule has 20 heavy (non-hydrogen) atoms. The second kappa shape index (κ2) is 4.57. The predicted molar refractivity (Wildman–Crippen MR) is 71.6 cm³/mol. The van der Waals surface area contributed by atoms with Crippen molar-refractivity contribution in [1.82, 2.24) is 15.3 Å². The van der Waals surface area contributed by atoms with E-state index < -0.39 is 10.0 Å². The summed E-state index contributed by atoms with van der Waals surface area (Å²) in [7, 11) is -3.78. The highest BCUT2D eigenvalue weighted by Crippen LogP contribution is 2.22. The number of benzene rings is 1. The molecule has 0 unspecified atom stereocenters. The van der Waals surface area contributed by atoms with Crippen molar-refractivity contribution in [3.8, 4) is 0 Å². The first kappa shape index (κ1) is 12.5. The van der Waals surface area contributed by atoms with Crippen LogP contribution in [0.1, 0.15) is 5.69 Å². The lowest BCUT2D eigenvalue weighted by molar-refractivity contribution is 0.315. The molecule has 0 bridgehead atoms. The number of nitrogens with zero attached hydrogens (tertiary/aromatic N) is 3. The average molecular weight is 290 g/mol. The Balaban J connectivity index is 2.03. The summed E-state index contributed by atoms with van der Waals surface area (Å²) in [6.45, 7) is 1.82. The van der Waals surface area contributed by atoms with Gasteiger partial charge in [-0.1, -0.05) is 6.07 Å². The molecule has 3 aromatic rings. The van der Waals surface area contributed by atoms with Gasteiger partial charge in [0, 0.05) is 5.69 Å². The van der Waals surface area contributed by atoms with Crippen LogP contribution in [0.3, 0.4) is 0 Å². The molecular formula is C12H10N4O3S. The van der Waals surface area contributed by atoms with Crippen LogP contribution in [0.5, 0.6) is 0 Å². The van der Waals surface area contributed by atoms with E-state index in [1.807, 2.05) is 6.92 Å². The fraction of sp³-hybridized carbons (Fsp3) is 0.0833. The molecule has 8 heteroatoms. The van der Waals surface area contributed by atoms with Crippen LogP contribution in [-0.2, 0) is 10.0 Å². The van der Waals surface area contributed by atoms with Gasteiger partial charge in [-0.2, -0.15) is 0 Å². The topological polar surface area (TPSA) is 98.0 Å². The van der Waals surface area contributed by atoms with Crippen molar-refractivity contribution >= 4 is 26.7 Å². The number of anilines is 1. The molecule has 0 saturated carbocycles. The smallest absolute Gasteiger partial charge is 0.264 e.